The van der Waals surface area contributed by atoms with Crippen LogP contribution in [0.4, 0.5) is 4.79 Å². The van der Waals surface area contributed by atoms with E-state index in [0.717, 1.165) is 44.4 Å². The van der Waals surface area contributed by atoms with Gasteiger partial charge in [-0.3, -0.25) is 0 Å². The zero-order chi connectivity index (χ0) is 25.7. The summed E-state index contributed by atoms with van der Waals surface area (Å²) in [6.45, 7) is 6.50. The summed E-state index contributed by atoms with van der Waals surface area (Å²) in [5.41, 5.74) is 10.00. The smallest absolute Gasteiger partial charge is 0.405 e. The number of halogens is 1. The van der Waals surface area contributed by atoms with Gasteiger partial charge in [-0.1, -0.05) is 75.4 Å². The van der Waals surface area contributed by atoms with Crippen molar-refractivity contribution in [3.63, 3.8) is 0 Å². The van der Waals surface area contributed by atoms with E-state index in [1.165, 1.54) is 0 Å². The predicted octanol–water partition coefficient (Wildman–Crippen LogP) is 7.02. The highest BCUT2D eigenvalue weighted by atomic mass is 127. The van der Waals surface area contributed by atoms with Gasteiger partial charge < -0.3 is 15.6 Å². The van der Waals surface area contributed by atoms with Crippen LogP contribution in [0.3, 0.4) is 0 Å². The first-order valence-electron chi connectivity index (χ1n) is 11.9. The summed E-state index contributed by atoms with van der Waals surface area (Å²) in [6.07, 6.45) is 2.58. The predicted molar refractivity (Wildman–Crippen MR) is 149 cm³/mol. The van der Waals surface area contributed by atoms with Crippen LogP contribution in [0.25, 0.3) is 33.3 Å². The third-order valence-corrected chi connectivity index (χ3v) is 8.01. The number of rotatable bonds is 4. The molecule has 0 saturated heterocycles. The fourth-order valence-corrected chi connectivity index (χ4v) is 6.02. The lowest BCUT2D eigenvalue weighted by atomic mass is 9.56. The van der Waals surface area contributed by atoms with Crippen LogP contribution in [0.15, 0.2) is 66.9 Å². The SMILES string of the molecule is CC(C)(C)C1CCC1(OC(N)=O)c1ccc(-c2nc3c(I)cnc(O)c3cc2-c2ccccc2)cc1. The van der Waals surface area contributed by atoms with Gasteiger partial charge in [-0.05, 0) is 58.0 Å². The van der Waals surface area contributed by atoms with Gasteiger partial charge >= 0.3 is 6.09 Å². The van der Waals surface area contributed by atoms with Crippen LogP contribution >= 0.6 is 22.6 Å². The molecule has 4 aromatic rings. The largest absolute Gasteiger partial charge is 0.493 e. The minimum absolute atomic E-state index is 0.0410. The van der Waals surface area contributed by atoms with Crippen molar-refractivity contribution in [3.05, 3.63) is 76.0 Å². The molecular formula is C29H28IN3O3. The van der Waals surface area contributed by atoms with Crippen LogP contribution in [-0.2, 0) is 10.3 Å². The van der Waals surface area contributed by atoms with Crippen molar-refractivity contribution >= 4 is 39.6 Å². The zero-order valence-electron chi connectivity index (χ0n) is 20.5. The number of carbonyl (C=O) groups is 1. The monoisotopic (exact) mass is 593 g/mol. The van der Waals surface area contributed by atoms with E-state index < -0.39 is 11.7 Å². The number of primary amides is 1. The molecular weight excluding hydrogens is 565 g/mol. The van der Waals surface area contributed by atoms with Crippen molar-refractivity contribution in [2.45, 2.75) is 39.2 Å². The second kappa shape index (κ2) is 9.03. The fraction of sp³-hybridized carbons (Fsp3) is 0.276. The lowest BCUT2D eigenvalue weighted by molar-refractivity contribution is -0.144. The number of nitrogens with two attached hydrogens (primary N) is 1. The molecule has 0 bridgehead atoms. The first-order valence-corrected chi connectivity index (χ1v) is 13.0. The Hall–Kier alpha value is -3.20. The molecule has 2 unspecified atom stereocenters. The maximum absolute atomic E-state index is 11.9. The van der Waals surface area contributed by atoms with Gasteiger partial charge in [0.15, 0.2) is 0 Å². The number of aromatic hydroxyl groups is 1. The number of benzene rings is 2. The van der Waals surface area contributed by atoms with Crippen molar-refractivity contribution in [1.29, 1.82) is 0 Å². The van der Waals surface area contributed by atoms with Crippen LogP contribution in [0, 0.1) is 14.9 Å². The molecule has 1 aliphatic rings. The van der Waals surface area contributed by atoms with E-state index >= 15 is 0 Å². The first-order chi connectivity index (χ1) is 17.1. The Morgan fingerprint density at radius 1 is 1.11 bits per heavy atom. The molecule has 2 aromatic carbocycles. The molecule has 2 heterocycles. The highest BCUT2D eigenvalue weighted by Crippen LogP contribution is 2.57. The summed E-state index contributed by atoms with van der Waals surface area (Å²) in [6, 6.07) is 20.0. The van der Waals surface area contributed by atoms with E-state index in [-0.39, 0.29) is 17.2 Å². The second-order valence-corrected chi connectivity index (χ2v) is 11.6. The molecule has 184 valence electrons. The van der Waals surface area contributed by atoms with Crippen molar-refractivity contribution in [2.75, 3.05) is 0 Å². The van der Waals surface area contributed by atoms with Gasteiger partial charge in [0.1, 0.15) is 5.60 Å². The quantitative estimate of drug-likeness (QED) is 0.248. The summed E-state index contributed by atoms with van der Waals surface area (Å²) in [5.74, 6) is 0.125. The Kier molecular flexibility index (Phi) is 6.14. The maximum Gasteiger partial charge on any atom is 0.405 e. The van der Waals surface area contributed by atoms with Crippen molar-refractivity contribution in [1.82, 2.24) is 9.97 Å². The Morgan fingerprint density at radius 3 is 2.39 bits per heavy atom. The fourth-order valence-electron chi connectivity index (χ4n) is 5.47. The second-order valence-electron chi connectivity index (χ2n) is 10.4. The molecule has 0 aliphatic heterocycles. The van der Waals surface area contributed by atoms with E-state index in [1.54, 1.807) is 6.20 Å². The molecule has 1 aliphatic carbocycles. The van der Waals surface area contributed by atoms with Crippen LogP contribution < -0.4 is 5.73 Å². The minimum Gasteiger partial charge on any atom is -0.493 e. The highest BCUT2D eigenvalue weighted by Gasteiger charge is 2.55. The van der Waals surface area contributed by atoms with Gasteiger partial charge in [0, 0.05) is 23.2 Å². The minimum atomic E-state index is -0.751. The number of carbonyl (C=O) groups excluding carboxylic acids is 1. The summed E-state index contributed by atoms with van der Waals surface area (Å²) in [7, 11) is 0. The molecule has 2 atom stereocenters. The molecule has 2 aromatic heterocycles. The Balaban J connectivity index is 1.65. The third kappa shape index (κ3) is 4.19. The number of hydrogen-bond donors (Lipinski definition) is 2. The summed E-state index contributed by atoms with van der Waals surface area (Å²) < 4.78 is 6.67. The highest BCUT2D eigenvalue weighted by molar-refractivity contribution is 14.1. The molecule has 0 spiro atoms. The third-order valence-electron chi connectivity index (χ3n) is 7.22. The topological polar surface area (TPSA) is 98.3 Å². The number of amides is 1. The average Bonchev–Trinajstić information content (AvgIpc) is 2.83. The normalized spacial score (nSPS) is 19.6. The van der Waals surface area contributed by atoms with Crippen LogP contribution in [0.2, 0.25) is 0 Å². The molecule has 3 N–H and O–H groups in total. The Morgan fingerprint density at radius 2 is 1.81 bits per heavy atom. The zero-order valence-corrected chi connectivity index (χ0v) is 22.6. The molecule has 7 heteroatoms. The number of ether oxygens (including phenoxy) is 1. The van der Waals surface area contributed by atoms with Crippen LogP contribution in [0.1, 0.15) is 39.2 Å². The number of pyridine rings is 2. The van der Waals surface area contributed by atoms with Gasteiger partial charge in [-0.25, -0.2) is 14.8 Å². The van der Waals surface area contributed by atoms with E-state index in [0.29, 0.717) is 10.9 Å². The van der Waals surface area contributed by atoms with Gasteiger partial charge in [0.2, 0.25) is 5.88 Å². The molecule has 5 rings (SSSR count). The summed E-state index contributed by atoms with van der Waals surface area (Å²) >= 11 is 2.19. The van der Waals surface area contributed by atoms with Crippen molar-refractivity contribution in [2.24, 2.45) is 17.1 Å². The van der Waals surface area contributed by atoms with E-state index in [2.05, 4.69) is 48.3 Å². The maximum atomic E-state index is 11.9. The van der Waals surface area contributed by atoms with Crippen molar-refractivity contribution in [3.8, 4) is 28.3 Å². The lowest BCUT2D eigenvalue weighted by Gasteiger charge is -2.54. The van der Waals surface area contributed by atoms with Crippen molar-refractivity contribution < 1.29 is 14.6 Å². The Labute approximate surface area is 224 Å². The standard InChI is InChI=1S/C29H28IN3O3/c1-28(2,3)23-13-14-29(23,36-27(31)35)19-11-9-18(10-12-19)24-20(17-7-5-4-6-8-17)15-21-25(33-24)22(30)16-32-26(21)34/h4-12,15-16,23H,13-14H2,1-3H3,(H2,31,35)(H,32,34). The molecule has 36 heavy (non-hydrogen) atoms. The molecule has 0 radical (unpaired) electrons. The Bertz CT molecular complexity index is 1450. The number of hydrogen-bond acceptors (Lipinski definition) is 5. The number of fused-ring (bicyclic) bond motifs is 1. The average molecular weight is 593 g/mol. The van der Waals surface area contributed by atoms with E-state index in [1.807, 2.05) is 60.7 Å². The summed E-state index contributed by atoms with van der Waals surface area (Å²) in [4.78, 5) is 21.0. The molecule has 1 amide bonds. The number of nitrogens with zero attached hydrogens (tertiary/aromatic N) is 2. The van der Waals surface area contributed by atoms with E-state index in [9.17, 15) is 9.90 Å². The van der Waals surface area contributed by atoms with Gasteiger partial charge in [-0.15, -0.1) is 0 Å². The molecule has 1 saturated carbocycles. The lowest BCUT2D eigenvalue weighted by Crippen LogP contribution is -2.53. The first kappa shape index (κ1) is 24.5. The van der Waals surface area contributed by atoms with Crippen LogP contribution in [0.5, 0.6) is 5.88 Å². The molecule has 6 nitrogen and oxygen atoms in total. The van der Waals surface area contributed by atoms with Gasteiger partial charge in [0.05, 0.1) is 20.2 Å². The molecule has 1 fully saturated rings. The van der Waals surface area contributed by atoms with Gasteiger partial charge in [-0.2, -0.15) is 0 Å². The summed E-state index contributed by atoms with van der Waals surface area (Å²) in [5, 5.41) is 11.1. The number of aromatic nitrogens is 2. The van der Waals surface area contributed by atoms with Crippen LogP contribution in [-0.4, -0.2) is 21.2 Å². The van der Waals surface area contributed by atoms with E-state index in [4.69, 9.17) is 15.5 Å². The van der Waals surface area contributed by atoms with Gasteiger partial charge in [0.25, 0.3) is 0 Å².